The number of aryl methyl sites for hydroxylation is 1. The zero-order chi connectivity index (χ0) is 18.9. The molecule has 0 radical (unpaired) electrons. The maximum atomic E-state index is 12.8. The maximum Gasteiger partial charge on any atom is 0.391 e. The Morgan fingerprint density at radius 1 is 1.23 bits per heavy atom. The molecule has 1 saturated carbocycles. The van der Waals surface area contributed by atoms with Gasteiger partial charge < -0.3 is 15.1 Å². The van der Waals surface area contributed by atoms with Crippen LogP contribution in [0.2, 0.25) is 0 Å². The van der Waals surface area contributed by atoms with Gasteiger partial charge in [0.1, 0.15) is 5.52 Å². The highest BCUT2D eigenvalue weighted by atomic mass is 19.4. The van der Waals surface area contributed by atoms with Gasteiger partial charge in [0, 0.05) is 24.7 Å². The van der Waals surface area contributed by atoms with Crippen LogP contribution in [-0.4, -0.2) is 29.0 Å². The molecule has 26 heavy (non-hydrogen) atoms. The zero-order valence-electron chi connectivity index (χ0n) is 14.0. The number of nitrogens with one attached hydrogen (secondary N) is 2. The van der Waals surface area contributed by atoms with E-state index in [4.69, 9.17) is 4.42 Å². The smallest absolute Gasteiger partial charge is 0.391 e. The van der Waals surface area contributed by atoms with Gasteiger partial charge >= 0.3 is 18.0 Å². The molecule has 9 heteroatoms. The number of oxazole rings is 1. The van der Waals surface area contributed by atoms with Crippen molar-refractivity contribution in [3.05, 3.63) is 24.1 Å². The van der Waals surface area contributed by atoms with Crippen LogP contribution in [0.15, 0.2) is 22.6 Å². The number of halogens is 3. The molecule has 140 valence electrons. The van der Waals surface area contributed by atoms with E-state index in [2.05, 4.69) is 15.6 Å². The van der Waals surface area contributed by atoms with Gasteiger partial charge in [-0.2, -0.15) is 13.2 Å². The van der Waals surface area contributed by atoms with Crippen molar-refractivity contribution in [2.75, 3.05) is 5.32 Å². The molecular formula is C17H18F3N3O3. The van der Waals surface area contributed by atoms with E-state index >= 15 is 0 Å². The number of rotatable bonds is 2. The Hall–Kier alpha value is -2.58. The average Bonchev–Trinajstić information content (AvgIpc) is 2.93. The zero-order valence-corrected chi connectivity index (χ0v) is 14.0. The Kier molecular flexibility index (Phi) is 4.88. The Morgan fingerprint density at radius 2 is 2.00 bits per heavy atom. The number of aromatic nitrogens is 1. The van der Waals surface area contributed by atoms with Crippen LogP contribution in [0.1, 0.15) is 31.6 Å². The largest absolute Gasteiger partial charge is 0.441 e. The van der Waals surface area contributed by atoms with Crippen LogP contribution >= 0.6 is 0 Å². The van der Waals surface area contributed by atoms with E-state index in [1.807, 2.05) is 0 Å². The van der Waals surface area contributed by atoms with Gasteiger partial charge in [0.15, 0.2) is 11.5 Å². The van der Waals surface area contributed by atoms with Crippen molar-refractivity contribution in [3.63, 3.8) is 0 Å². The van der Waals surface area contributed by atoms with Gasteiger partial charge in [-0.15, -0.1) is 0 Å². The van der Waals surface area contributed by atoms with E-state index in [0.29, 0.717) is 35.5 Å². The predicted molar refractivity (Wildman–Crippen MR) is 87.3 cm³/mol. The highest BCUT2D eigenvalue weighted by Crippen LogP contribution is 2.37. The summed E-state index contributed by atoms with van der Waals surface area (Å²) in [5, 5.41) is 4.81. The van der Waals surface area contributed by atoms with Crippen molar-refractivity contribution in [1.29, 1.82) is 0 Å². The first-order chi connectivity index (χ1) is 12.2. The van der Waals surface area contributed by atoms with Crippen molar-refractivity contribution < 1.29 is 27.2 Å². The number of carbonyl (C=O) groups excluding carboxylic acids is 2. The molecule has 3 rings (SSSR count). The maximum absolute atomic E-state index is 12.8. The molecule has 0 bridgehead atoms. The normalized spacial score (nSPS) is 20.8. The SMILES string of the molecule is Cc1nc2ccc(NC(=O)C(=O)N[C@@H]3CCC[C@@H](C(F)(F)F)C3)cc2o1. The van der Waals surface area contributed by atoms with Crippen molar-refractivity contribution in [1.82, 2.24) is 10.3 Å². The molecule has 1 fully saturated rings. The molecule has 2 aromatic rings. The minimum Gasteiger partial charge on any atom is -0.441 e. The van der Waals surface area contributed by atoms with Crippen LogP contribution in [0, 0.1) is 12.8 Å². The van der Waals surface area contributed by atoms with E-state index < -0.39 is 30.0 Å². The molecule has 2 N–H and O–H groups in total. The second-order valence-electron chi connectivity index (χ2n) is 6.45. The summed E-state index contributed by atoms with van der Waals surface area (Å²) in [4.78, 5) is 28.1. The molecule has 2 amide bonds. The lowest BCUT2D eigenvalue weighted by Gasteiger charge is -2.30. The molecule has 2 atom stereocenters. The molecule has 0 aliphatic heterocycles. The highest BCUT2D eigenvalue weighted by Gasteiger charge is 2.42. The lowest BCUT2D eigenvalue weighted by molar-refractivity contribution is -0.184. The fourth-order valence-corrected chi connectivity index (χ4v) is 3.17. The summed E-state index contributed by atoms with van der Waals surface area (Å²) >= 11 is 0. The van der Waals surface area contributed by atoms with Crippen molar-refractivity contribution >= 4 is 28.6 Å². The van der Waals surface area contributed by atoms with E-state index in [-0.39, 0.29) is 12.8 Å². The van der Waals surface area contributed by atoms with E-state index in [9.17, 15) is 22.8 Å². The summed E-state index contributed by atoms with van der Waals surface area (Å²) < 4.78 is 43.8. The number of hydrogen-bond acceptors (Lipinski definition) is 4. The number of carbonyl (C=O) groups is 2. The standard InChI is InChI=1S/C17H18F3N3O3/c1-9-21-13-6-5-12(8-14(13)26-9)23-16(25)15(24)22-11-4-2-3-10(7-11)17(18,19)20/h5-6,8,10-11H,2-4,7H2,1H3,(H,22,24)(H,23,25)/t10-,11-/m1/s1. The molecule has 6 nitrogen and oxygen atoms in total. The summed E-state index contributed by atoms with van der Waals surface area (Å²) in [6.45, 7) is 1.68. The Labute approximate surface area is 147 Å². The number of anilines is 1. The fraction of sp³-hybridized carbons (Fsp3) is 0.471. The van der Waals surface area contributed by atoms with Gasteiger partial charge in [0.25, 0.3) is 0 Å². The highest BCUT2D eigenvalue weighted by molar-refractivity contribution is 6.39. The van der Waals surface area contributed by atoms with Crippen molar-refractivity contribution in [2.24, 2.45) is 5.92 Å². The number of hydrogen-bond donors (Lipinski definition) is 2. The quantitative estimate of drug-likeness (QED) is 0.796. The summed E-state index contributed by atoms with van der Waals surface area (Å²) in [6.07, 6.45) is -3.64. The Balaban J connectivity index is 1.59. The molecule has 0 spiro atoms. The molecule has 1 heterocycles. The number of amides is 2. The van der Waals surface area contributed by atoms with Crippen LogP contribution in [0.25, 0.3) is 11.1 Å². The monoisotopic (exact) mass is 369 g/mol. The van der Waals surface area contributed by atoms with Gasteiger partial charge in [0.05, 0.1) is 5.92 Å². The third-order valence-corrected chi connectivity index (χ3v) is 4.43. The fourth-order valence-electron chi connectivity index (χ4n) is 3.17. The lowest BCUT2D eigenvalue weighted by Crippen LogP contribution is -2.45. The number of nitrogens with zero attached hydrogens (tertiary/aromatic N) is 1. The summed E-state index contributed by atoms with van der Waals surface area (Å²) in [6, 6.07) is 4.07. The molecule has 1 aliphatic carbocycles. The van der Waals surface area contributed by atoms with Crippen molar-refractivity contribution in [3.8, 4) is 0 Å². The molecule has 0 unspecified atom stereocenters. The number of benzene rings is 1. The van der Waals surface area contributed by atoms with Crippen molar-refractivity contribution in [2.45, 2.75) is 44.8 Å². The predicted octanol–water partition coefficient (Wildman–Crippen LogP) is 3.31. The molecular weight excluding hydrogens is 351 g/mol. The van der Waals surface area contributed by atoms with E-state index in [0.717, 1.165) is 0 Å². The third kappa shape index (κ3) is 4.14. The van der Waals surface area contributed by atoms with Crippen LogP contribution in [-0.2, 0) is 9.59 Å². The minimum atomic E-state index is -4.28. The van der Waals surface area contributed by atoms with E-state index in [1.54, 1.807) is 19.1 Å². The summed E-state index contributed by atoms with van der Waals surface area (Å²) in [7, 11) is 0. The molecule has 1 aromatic carbocycles. The second-order valence-corrected chi connectivity index (χ2v) is 6.45. The summed E-state index contributed by atoms with van der Waals surface area (Å²) in [5.41, 5.74) is 1.41. The first-order valence-electron chi connectivity index (χ1n) is 8.28. The van der Waals surface area contributed by atoms with Crippen LogP contribution < -0.4 is 10.6 Å². The molecule has 1 aromatic heterocycles. The van der Waals surface area contributed by atoms with Crippen LogP contribution in [0.3, 0.4) is 0 Å². The number of alkyl halides is 3. The molecule has 1 aliphatic rings. The van der Waals surface area contributed by atoms with Gasteiger partial charge in [-0.3, -0.25) is 9.59 Å². The van der Waals surface area contributed by atoms with Gasteiger partial charge in [-0.05, 0) is 31.4 Å². The number of fused-ring (bicyclic) bond motifs is 1. The topological polar surface area (TPSA) is 84.2 Å². The molecule has 0 saturated heterocycles. The average molecular weight is 369 g/mol. The van der Waals surface area contributed by atoms with Gasteiger partial charge in [-0.25, -0.2) is 4.98 Å². The lowest BCUT2D eigenvalue weighted by atomic mass is 9.85. The van der Waals surface area contributed by atoms with Crippen LogP contribution in [0.4, 0.5) is 18.9 Å². The Bertz CT molecular complexity index is 832. The summed E-state index contributed by atoms with van der Waals surface area (Å²) in [5.74, 6) is -2.86. The minimum absolute atomic E-state index is 0.0542. The Morgan fingerprint density at radius 3 is 2.73 bits per heavy atom. The third-order valence-electron chi connectivity index (χ3n) is 4.43. The van der Waals surface area contributed by atoms with E-state index in [1.165, 1.54) is 6.07 Å². The first-order valence-corrected chi connectivity index (χ1v) is 8.28. The first kappa shape index (κ1) is 18.2. The van der Waals surface area contributed by atoms with Gasteiger partial charge in [0.2, 0.25) is 0 Å². The van der Waals surface area contributed by atoms with Crippen LogP contribution in [0.5, 0.6) is 0 Å². The second kappa shape index (κ2) is 6.97. The van der Waals surface area contributed by atoms with Gasteiger partial charge in [-0.1, -0.05) is 6.42 Å².